The average Bonchev–Trinajstić information content (AvgIpc) is 3.31. The first-order chi connectivity index (χ1) is 12.0. The van der Waals surface area contributed by atoms with Crippen molar-refractivity contribution in [2.45, 2.75) is 45.1 Å². The van der Waals surface area contributed by atoms with Gasteiger partial charge in [0.15, 0.2) is 0 Å². The fourth-order valence-electron chi connectivity index (χ4n) is 3.12. The van der Waals surface area contributed by atoms with Gasteiger partial charge in [-0.05, 0) is 58.3 Å². The van der Waals surface area contributed by atoms with Gasteiger partial charge < -0.3 is 5.32 Å². The summed E-state index contributed by atoms with van der Waals surface area (Å²) >= 11 is 1.60. The summed E-state index contributed by atoms with van der Waals surface area (Å²) in [6.07, 6.45) is 7.25. The van der Waals surface area contributed by atoms with Gasteiger partial charge in [0.25, 0.3) is 0 Å². The van der Waals surface area contributed by atoms with E-state index in [-0.39, 0.29) is 11.4 Å². The molecule has 0 bridgehead atoms. The van der Waals surface area contributed by atoms with Gasteiger partial charge in [0.05, 0.1) is 5.69 Å². The van der Waals surface area contributed by atoms with E-state index >= 15 is 0 Å². The molecule has 0 atom stereocenters. The van der Waals surface area contributed by atoms with Crippen molar-refractivity contribution in [1.82, 2.24) is 20.2 Å². The fourth-order valence-corrected chi connectivity index (χ4v) is 3.97. The van der Waals surface area contributed by atoms with Crippen LogP contribution >= 0.6 is 11.3 Å². The first kappa shape index (κ1) is 18.0. The number of nitrogens with one attached hydrogen (secondary N) is 1. The van der Waals surface area contributed by atoms with Crippen molar-refractivity contribution in [3.05, 3.63) is 35.6 Å². The van der Waals surface area contributed by atoms with Crippen molar-refractivity contribution >= 4 is 17.2 Å². The molecule has 1 N–H and O–H groups in total. The number of amides is 1. The van der Waals surface area contributed by atoms with E-state index < -0.39 is 0 Å². The van der Waals surface area contributed by atoms with Gasteiger partial charge >= 0.3 is 0 Å². The second-order valence-electron chi connectivity index (χ2n) is 7.17. The molecule has 1 fully saturated rings. The summed E-state index contributed by atoms with van der Waals surface area (Å²) in [6.45, 7) is 7.39. The van der Waals surface area contributed by atoms with Gasteiger partial charge in [0, 0.05) is 41.8 Å². The first-order valence-electron chi connectivity index (χ1n) is 8.91. The Hall–Kier alpha value is -1.79. The molecule has 0 aliphatic carbocycles. The molecular weight excluding hydrogens is 332 g/mol. The van der Waals surface area contributed by atoms with Gasteiger partial charge in [-0.25, -0.2) is 4.98 Å². The van der Waals surface area contributed by atoms with Crippen LogP contribution in [-0.4, -0.2) is 45.9 Å². The molecule has 134 valence electrons. The van der Waals surface area contributed by atoms with E-state index in [1.165, 1.54) is 12.8 Å². The molecule has 3 rings (SSSR count). The summed E-state index contributed by atoms with van der Waals surface area (Å²) in [5, 5.41) is 6.08. The summed E-state index contributed by atoms with van der Waals surface area (Å²) < 4.78 is 0. The summed E-state index contributed by atoms with van der Waals surface area (Å²) in [5.74, 6) is 0.100. The van der Waals surface area contributed by atoms with Crippen molar-refractivity contribution < 1.29 is 4.79 Å². The van der Waals surface area contributed by atoms with E-state index in [0.29, 0.717) is 19.4 Å². The summed E-state index contributed by atoms with van der Waals surface area (Å²) in [6, 6.07) is 3.91. The summed E-state index contributed by atoms with van der Waals surface area (Å²) in [7, 11) is 0. The number of pyridine rings is 1. The number of aryl methyl sites for hydroxylation is 1. The molecule has 0 unspecified atom stereocenters. The number of thiazole rings is 1. The van der Waals surface area contributed by atoms with E-state index in [2.05, 4.69) is 34.0 Å². The van der Waals surface area contributed by atoms with Gasteiger partial charge in [-0.15, -0.1) is 11.3 Å². The van der Waals surface area contributed by atoms with Gasteiger partial charge in [0.2, 0.25) is 5.91 Å². The number of carbonyl (C=O) groups is 1. The zero-order chi connectivity index (χ0) is 17.7. The highest BCUT2D eigenvalue weighted by atomic mass is 32.1. The Bertz CT molecular complexity index is 692. The van der Waals surface area contributed by atoms with Crippen LogP contribution in [0.15, 0.2) is 29.9 Å². The minimum atomic E-state index is 0.0280. The van der Waals surface area contributed by atoms with Crippen LogP contribution in [0.5, 0.6) is 0 Å². The van der Waals surface area contributed by atoms with Crippen molar-refractivity contribution in [2.75, 3.05) is 19.6 Å². The molecule has 1 amide bonds. The predicted molar refractivity (Wildman–Crippen MR) is 102 cm³/mol. The Balaban J connectivity index is 1.45. The second kappa shape index (κ2) is 8.06. The molecule has 2 aromatic heterocycles. The molecule has 5 nitrogen and oxygen atoms in total. The zero-order valence-corrected chi connectivity index (χ0v) is 15.8. The molecule has 1 saturated heterocycles. The highest BCUT2D eigenvalue weighted by molar-refractivity contribution is 7.13. The number of likely N-dealkylation sites (tertiary alicyclic amines) is 1. The topological polar surface area (TPSA) is 58.1 Å². The number of nitrogens with zero attached hydrogens (tertiary/aromatic N) is 3. The SMILES string of the molecule is CC(C)(CNC(=O)CCc1csc(-c2cccnc2)n1)N1CCCC1. The molecule has 0 radical (unpaired) electrons. The third-order valence-electron chi connectivity index (χ3n) is 4.75. The predicted octanol–water partition coefficient (Wildman–Crippen LogP) is 3.13. The molecule has 1 aliphatic heterocycles. The lowest BCUT2D eigenvalue weighted by molar-refractivity contribution is -0.121. The van der Waals surface area contributed by atoms with Gasteiger partial charge in [-0.3, -0.25) is 14.7 Å². The molecule has 6 heteroatoms. The third-order valence-corrected chi connectivity index (χ3v) is 5.69. The number of carbonyl (C=O) groups excluding carboxylic acids is 1. The highest BCUT2D eigenvalue weighted by Gasteiger charge is 2.29. The molecule has 3 heterocycles. The normalized spacial score (nSPS) is 15.4. The minimum Gasteiger partial charge on any atom is -0.354 e. The van der Waals surface area contributed by atoms with Crippen LogP contribution in [-0.2, 0) is 11.2 Å². The molecule has 2 aromatic rings. The lowest BCUT2D eigenvalue weighted by Crippen LogP contribution is -2.50. The molecule has 0 spiro atoms. The Morgan fingerprint density at radius 1 is 1.36 bits per heavy atom. The standard InChI is InChI=1S/C19H26N4OS/c1-19(2,23-10-3-4-11-23)14-21-17(24)8-7-16-13-25-18(22-16)15-6-5-9-20-12-15/h5-6,9,12-13H,3-4,7-8,10-11,14H2,1-2H3,(H,21,24). The maximum atomic E-state index is 12.2. The first-order valence-corrected chi connectivity index (χ1v) is 9.79. The molecule has 0 aromatic carbocycles. The van der Waals surface area contributed by atoms with Crippen molar-refractivity contribution in [1.29, 1.82) is 0 Å². The smallest absolute Gasteiger partial charge is 0.220 e. The number of aromatic nitrogens is 2. The summed E-state index contributed by atoms with van der Waals surface area (Å²) in [5.41, 5.74) is 2.02. The van der Waals surface area contributed by atoms with Crippen LogP contribution in [0.3, 0.4) is 0 Å². The Morgan fingerprint density at radius 3 is 2.88 bits per heavy atom. The van der Waals surface area contributed by atoms with E-state index in [4.69, 9.17) is 0 Å². The molecular formula is C19H26N4OS. The largest absolute Gasteiger partial charge is 0.354 e. The average molecular weight is 359 g/mol. The Kier molecular flexibility index (Phi) is 5.81. The molecule has 25 heavy (non-hydrogen) atoms. The lowest BCUT2D eigenvalue weighted by atomic mass is 10.0. The lowest BCUT2D eigenvalue weighted by Gasteiger charge is -2.35. The van der Waals surface area contributed by atoms with Crippen LogP contribution in [0.1, 0.15) is 38.8 Å². The Morgan fingerprint density at radius 2 is 2.16 bits per heavy atom. The van der Waals surface area contributed by atoms with Crippen LogP contribution in [0.4, 0.5) is 0 Å². The third kappa shape index (κ3) is 4.86. The van der Waals surface area contributed by atoms with Crippen LogP contribution < -0.4 is 5.32 Å². The van der Waals surface area contributed by atoms with Crippen molar-refractivity contribution in [2.24, 2.45) is 0 Å². The van der Waals surface area contributed by atoms with Crippen molar-refractivity contribution in [3.63, 3.8) is 0 Å². The van der Waals surface area contributed by atoms with Crippen molar-refractivity contribution in [3.8, 4) is 10.6 Å². The minimum absolute atomic E-state index is 0.0280. The second-order valence-corrected chi connectivity index (χ2v) is 8.03. The van der Waals surface area contributed by atoms with E-state index in [0.717, 1.165) is 29.4 Å². The maximum Gasteiger partial charge on any atom is 0.220 e. The fraction of sp³-hybridized carbons (Fsp3) is 0.526. The Labute approximate surface area is 153 Å². The van der Waals surface area contributed by atoms with Crippen LogP contribution in [0, 0.1) is 0 Å². The van der Waals surface area contributed by atoms with E-state index in [1.807, 2.05) is 23.7 Å². The molecule has 1 aliphatic rings. The quantitative estimate of drug-likeness (QED) is 0.826. The molecule has 0 saturated carbocycles. The number of hydrogen-bond donors (Lipinski definition) is 1. The maximum absolute atomic E-state index is 12.2. The van der Waals surface area contributed by atoms with Gasteiger partial charge in [-0.1, -0.05) is 0 Å². The van der Waals surface area contributed by atoms with E-state index in [9.17, 15) is 4.79 Å². The van der Waals surface area contributed by atoms with Crippen LogP contribution in [0.2, 0.25) is 0 Å². The van der Waals surface area contributed by atoms with Crippen LogP contribution in [0.25, 0.3) is 10.6 Å². The monoisotopic (exact) mass is 358 g/mol. The van der Waals surface area contributed by atoms with Gasteiger partial charge in [-0.2, -0.15) is 0 Å². The number of rotatable bonds is 7. The highest BCUT2D eigenvalue weighted by Crippen LogP contribution is 2.23. The zero-order valence-electron chi connectivity index (χ0n) is 15.0. The number of hydrogen-bond acceptors (Lipinski definition) is 5. The van der Waals surface area contributed by atoms with E-state index in [1.54, 1.807) is 17.5 Å². The summed E-state index contributed by atoms with van der Waals surface area (Å²) in [4.78, 5) is 23.4. The van der Waals surface area contributed by atoms with Gasteiger partial charge in [0.1, 0.15) is 5.01 Å².